The lowest BCUT2D eigenvalue weighted by Gasteiger charge is -2.16. The molecule has 0 bridgehead atoms. The molecule has 1 aromatic carbocycles. The Kier molecular flexibility index (Phi) is 6.18. The smallest absolute Gasteiger partial charge is 0.287 e. The normalized spacial score (nSPS) is 11.6. The van der Waals surface area contributed by atoms with E-state index < -0.39 is 23.6 Å². The van der Waals surface area contributed by atoms with Crippen LogP contribution in [0.25, 0.3) is 11.3 Å². The lowest BCUT2D eigenvalue weighted by Crippen LogP contribution is -2.46. The molecule has 142 valence electrons. The average molecular weight is 395 g/mol. The minimum atomic E-state index is -1.09. The third kappa shape index (κ3) is 4.63. The minimum Gasteiger partial charge on any atom is -0.363 e. The summed E-state index contributed by atoms with van der Waals surface area (Å²) in [6, 6.07) is 11.8. The summed E-state index contributed by atoms with van der Waals surface area (Å²) in [5.41, 5.74) is 7.27. The zero-order valence-corrected chi connectivity index (χ0v) is 15.6. The number of benzene rings is 1. The number of Topliss-reactive ketones (excluding diaryl/α,β-unsaturated/α-hetero) is 1. The van der Waals surface area contributed by atoms with E-state index in [0.717, 1.165) is 17.3 Å². The van der Waals surface area contributed by atoms with E-state index in [0.29, 0.717) is 17.7 Å². The van der Waals surface area contributed by atoms with Gasteiger partial charge in [0.15, 0.2) is 5.69 Å². The molecule has 3 aromatic rings. The standard InChI is InChI=1S/C19H17N5O3S/c20-18(26)17(25)14(7-6-12-4-2-1-3-5-12)22-19(27)16-15(23-28-24-16)13-8-10-21-11-9-13/h1-5,8-11,14H,6-7H2,(H2,20,26)(H,22,27). The van der Waals surface area contributed by atoms with Gasteiger partial charge in [0, 0.05) is 18.0 Å². The Hall–Kier alpha value is -3.46. The fraction of sp³-hybridized carbons (Fsp3) is 0.158. The summed E-state index contributed by atoms with van der Waals surface area (Å²) in [6.07, 6.45) is 3.89. The van der Waals surface area contributed by atoms with Crippen LogP contribution in [0.2, 0.25) is 0 Å². The maximum absolute atomic E-state index is 12.7. The van der Waals surface area contributed by atoms with Crippen molar-refractivity contribution in [3.8, 4) is 11.3 Å². The van der Waals surface area contributed by atoms with Crippen molar-refractivity contribution in [1.82, 2.24) is 19.0 Å². The summed E-state index contributed by atoms with van der Waals surface area (Å²) in [5, 5.41) is 2.58. The largest absolute Gasteiger partial charge is 0.363 e. The second-order valence-electron chi connectivity index (χ2n) is 5.98. The van der Waals surface area contributed by atoms with Crippen LogP contribution in [-0.2, 0) is 16.0 Å². The number of hydrogen-bond acceptors (Lipinski definition) is 7. The van der Waals surface area contributed by atoms with Gasteiger partial charge >= 0.3 is 0 Å². The highest BCUT2D eigenvalue weighted by molar-refractivity contribution is 6.99. The van der Waals surface area contributed by atoms with E-state index in [2.05, 4.69) is 19.0 Å². The number of pyridine rings is 1. The van der Waals surface area contributed by atoms with Gasteiger partial charge in [0.1, 0.15) is 5.69 Å². The van der Waals surface area contributed by atoms with Crippen LogP contribution in [0.5, 0.6) is 0 Å². The number of hydrogen-bond donors (Lipinski definition) is 2. The van der Waals surface area contributed by atoms with E-state index in [4.69, 9.17) is 5.73 Å². The highest BCUT2D eigenvalue weighted by atomic mass is 32.1. The van der Waals surface area contributed by atoms with Crippen LogP contribution in [0.3, 0.4) is 0 Å². The molecule has 0 saturated heterocycles. The topological polar surface area (TPSA) is 128 Å². The number of carbonyl (C=O) groups is 3. The quantitative estimate of drug-likeness (QED) is 0.555. The number of nitrogens with zero attached hydrogens (tertiary/aromatic N) is 3. The van der Waals surface area contributed by atoms with Gasteiger partial charge in [0.05, 0.1) is 17.8 Å². The molecule has 2 amide bonds. The lowest BCUT2D eigenvalue weighted by atomic mass is 10.0. The molecular weight excluding hydrogens is 378 g/mol. The molecule has 0 aliphatic rings. The molecule has 1 unspecified atom stereocenters. The van der Waals surface area contributed by atoms with Gasteiger partial charge in [-0.3, -0.25) is 19.4 Å². The molecule has 3 N–H and O–H groups in total. The number of ketones is 1. The van der Waals surface area contributed by atoms with Gasteiger partial charge in [-0.25, -0.2) is 0 Å². The molecule has 1 atom stereocenters. The Balaban J connectivity index is 1.77. The van der Waals surface area contributed by atoms with Gasteiger partial charge in [-0.15, -0.1) is 0 Å². The summed E-state index contributed by atoms with van der Waals surface area (Å²) in [5.74, 6) is -2.53. The minimum absolute atomic E-state index is 0.0816. The van der Waals surface area contributed by atoms with Gasteiger partial charge in [0.25, 0.3) is 11.8 Å². The Morgan fingerprint density at radius 3 is 2.43 bits per heavy atom. The van der Waals surface area contributed by atoms with Crippen molar-refractivity contribution in [3.05, 3.63) is 66.1 Å². The molecule has 3 rings (SSSR count). The third-order valence-electron chi connectivity index (χ3n) is 4.09. The van der Waals surface area contributed by atoms with Crippen molar-refractivity contribution in [2.24, 2.45) is 5.73 Å². The first-order valence-corrected chi connectivity index (χ1v) is 9.20. The number of nitrogens with one attached hydrogen (secondary N) is 1. The third-order valence-corrected chi connectivity index (χ3v) is 4.61. The maximum Gasteiger partial charge on any atom is 0.287 e. The Morgan fingerprint density at radius 2 is 1.75 bits per heavy atom. The number of primary amides is 1. The first-order chi connectivity index (χ1) is 13.6. The summed E-state index contributed by atoms with van der Waals surface area (Å²) in [4.78, 5) is 40.2. The molecule has 28 heavy (non-hydrogen) atoms. The predicted molar refractivity (Wildman–Crippen MR) is 103 cm³/mol. The van der Waals surface area contributed by atoms with Gasteiger partial charge in [-0.1, -0.05) is 30.3 Å². The molecule has 0 aliphatic heterocycles. The van der Waals surface area contributed by atoms with Crippen LogP contribution in [0.15, 0.2) is 54.9 Å². The summed E-state index contributed by atoms with van der Waals surface area (Å²) < 4.78 is 8.19. The van der Waals surface area contributed by atoms with Crippen LogP contribution < -0.4 is 11.1 Å². The highest BCUT2D eigenvalue weighted by Gasteiger charge is 2.27. The summed E-state index contributed by atoms with van der Waals surface area (Å²) in [6.45, 7) is 0. The van der Waals surface area contributed by atoms with E-state index in [9.17, 15) is 14.4 Å². The molecular formula is C19H17N5O3S. The molecule has 0 aliphatic carbocycles. The Morgan fingerprint density at radius 1 is 1.04 bits per heavy atom. The van der Waals surface area contributed by atoms with Crippen molar-refractivity contribution in [3.63, 3.8) is 0 Å². The van der Waals surface area contributed by atoms with E-state index >= 15 is 0 Å². The SMILES string of the molecule is NC(=O)C(=O)C(CCc1ccccc1)NC(=O)c1nsnc1-c1ccncc1. The molecule has 0 fully saturated rings. The van der Waals surface area contributed by atoms with Crippen LogP contribution in [0, 0.1) is 0 Å². The van der Waals surface area contributed by atoms with Gasteiger partial charge < -0.3 is 11.1 Å². The van der Waals surface area contributed by atoms with E-state index in [1.807, 2.05) is 30.3 Å². The number of nitrogens with two attached hydrogens (primary N) is 1. The highest BCUT2D eigenvalue weighted by Crippen LogP contribution is 2.21. The predicted octanol–water partition coefficient (Wildman–Crippen LogP) is 1.39. The molecule has 8 nitrogen and oxygen atoms in total. The molecule has 0 radical (unpaired) electrons. The molecule has 9 heteroatoms. The van der Waals surface area contributed by atoms with Crippen molar-refractivity contribution < 1.29 is 14.4 Å². The molecule has 0 spiro atoms. The van der Waals surface area contributed by atoms with Crippen molar-refractivity contribution >= 4 is 29.3 Å². The van der Waals surface area contributed by atoms with Crippen molar-refractivity contribution in [2.75, 3.05) is 0 Å². The average Bonchev–Trinajstić information content (AvgIpc) is 3.22. The number of rotatable bonds is 8. The Bertz CT molecular complexity index is 976. The van der Waals surface area contributed by atoms with Gasteiger partial charge in [-0.2, -0.15) is 8.75 Å². The molecule has 2 aromatic heterocycles. The van der Waals surface area contributed by atoms with Crippen molar-refractivity contribution in [1.29, 1.82) is 0 Å². The fourth-order valence-electron chi connectivity index (χ4n) is 2.66. The first kappa shape index (κ1) is 19.3. The van der Waals surface area contributed by atoms with E-state index in [1.54, 1.807) is 24.5 Å². The number of carbonyl (C=O) groups excluding carboxylic acids is 3. The first-order valence-electron chi connectivity index (χ1n) is 8.47. The lowest BCUT2D eigenvalue weighted by molar-refractivity contribution is -0.137. The van der Waals surface area contributed by atoms with Gasteiger partial charge in [-0.05, 0) is 30.5 Å². The summed E-state index contributed by atoms with van der Waals surface area (Å²) >= 11 is 0.884. The molecule has 2 heterocycles. The second kappa shape index (κ2) is 8.96. The second-order valence-corrected chi connectivity index (χ2v) is 6.50. The van der Waals surface area contributed by atoms with Crippen molar-refractivity contribution in [2.45, 2.75) is 18.9 Å². The van der Waals surface area contributed by atoms with Crippen LogP contribution in [0.1, 0.15) is 22.5 Å². The zero-order valence-electron chi connectivity index (χ0n) is 14.7. The zero-order chi connectivity index (χ0) is 19.9. The van der Waals surface area contributed by atoms with Crippen LogP contribution in [-0.4, -0.2) is 37.4 Å². The number of aryl methyl sites for hydroxylation is 1. The summed E-state index contributed by atoms with van der Waals surface area (Å²) in [7, 11) is 0. The fourth-order valence-corrected chi connectivity index (χ4v) is 3.22. The number of amides is 2. The monoisotopic (exact) mass is 395 g/mol. The number of aromatic nitrogens is 3. The maximum atomic E-state index is 12.7. The Labute approximate surface area is 165 Å². The molecule has 0 saturated carbocycles. The van der Waals surface area contributed by atoms with Gasteiger partial charge in [0.2, 0.25) is 5.78 Å². The van der Waals surface area contributed by atoms with E-state index in [-0.39, 0.29) is 12.1 Å². The van der Waals surface area contributed by atoms with E-state index in [1.165, 1.54) is 0 Å². The van der Waals surface area contributed by atoms with Crippen LogP contribution in [0.4, 0.5) is 0 Å². The van der Waals surface area contributed by atoms with Crippen LogP contribution >= 0.6 is 11.7 Å².